The lowest BCUT2D eigenvalue weighted by Gasteiger charge is -2.46. The molecule has 42 heavy (non-hydrogen) atoms. The second-order valence-electron chi connectivity index (χ2n) is 12.8. The standard InChI is InChI=1S/C35H45N5O2/c36-30-16-18-31(19-17-30)38-34(41)35(29-10-4-2-1-3-5-11-29)22-28-15-14-27(33(37)39-42)21-32(28)40(35)23-24-12-13-25-8-6-7-9-26(25)20-24/h6-9,12-15,20-21,29-31,42H,1-5,10-11,16-19,22-23,36H2,(H2,37,39)(H,38,41). The van der Waals surface area contributed by atoms with Gasteiger partial charge >= 0.3 is 0 Å². The highest BCUT2D eigenvalue weighted by Gasteiger charge is 2.54. The van der Waals surface area contributed by atoms with Gasteiger partial charge in [0.1, 0.15) is 5.54 Å². The highest BCUT2D eigenvalue weighted by atomic mass is 16.4. The van der Waals surface area contributed by atoms with Crippen LogP contribution in [0.15, 0.2) is 65.8 Å². The van der Waals surface area contributed by atoms with Crippen LogP contribution in [-0.2, 0) is 17.8 Å². The van der Waals surface area contributed by atoms with Gasteiger partial charge in [0.05, 0.1) is 0 Å². The van der Waals surface area contributed by atoms with Gasteiger partial charge in [-0.05, 0) is 78.5 Å². The lowest BCUT2D eigenvalue weighted by molar-refractivity contribution is -0.129. The van der Waals surface area contributed by atoms with Crippen molar-refractivity contribution >= 4 is 28.2 Å². The topological polar surface area (TPSA) is 117 Å². The first-order chi connectivity index (χ1) is 20.5. The fourth-order valence-corrected chi connectivity index (χ4v) is 7.79. The molecule has 2 aliphatic carbocycles. The molecule has 0 radical (unpaired) electrons. The van der Waals surface area contributed by atoms with Gasteiger partial charge in [-0.3, -0.25) is 4.79 Å². The summed E-state index contributed by atoms with van der Waals surface area (Å²) in [5, 5.41) is 18.7. The third-order valence-corrected chi connectivity index (χ3v) is 10.2. The van der Waals surface area contributed by atoms with Crippen molar-refractivity contribution < 1.29 is 10.0 Å². The van der Waals surface area contributed by atoms with E-state index in [-0.39, 0.29) is 29.7 Å². The van der Waals surface area contributed by atoms with E-state index in [1.807, 2.05) is 12.1 Å². The molecule has 1 unspecified atom stereocenters. The first-order valence-corrected chi connectivity index (χ1v) is 15.9. The molecule has 7 nitrogen and oxygen atoms in total. The van der Waals surface area contributed by atoms with Gasteiger partial charge in [0, 0.05) is 36.3 Å². The molecule has 2 saturated carbocycles. The zero-order valence-corrected chi connectivity index (χ0v) is 24.6. The third-order valence-electron chi connectivity index (χ3n) is 10.2. The van der Waals surface area contributed by atoms with E-state index in [2.05, 4.69) is 63.9 Å². The van der Waals surface area contributed by atoms with Crippen molar-refractivity contribution in [2.24, 2.45) is 22.5 Å². The highest BCUT2D eigenvalue weighted by molar-refractivity contribution is 6.00. The fourth-order valence-electron chi connectivity index (χ4n) is 7.79. The van der Waals surface area contributed by atoms with Gasteiger partial charge in [-0.15, -0.1) is 0 Å². The van der Waals surface area contributed by atoms with Gasteiger partial charge in [0.25, 0.3) is 0 Å². The van der Waals surface area contributed by atoms with E-state index in [0.717, 1.165) is 62.6 Å². The van der Waals surface area contributed by atoms with E-state index >= 15 is 0 Å². The summed E-state index contributed by atoms with van der Waals surface area (Å²) in [7, 11) is 0. The Morgan fingerprint density at radius 2 is 1.62 bits per heavy atom. The number of nitrogens with zero attached hydrogens (tertiary/aromatic N) is 2. The number of rotatable bonds is 6. The molecular formula is C35H45N5O2. The van der Waals surface area contributed by atoms with Crippen LogP contribution < -0.4 is 21.7 Å². The lowest BCUT2D eigenvalue weighted by atomic mass is 9.72. The predicted octanol–water partition coefficient (Wildman–Crippen LogP) is 5.98. The van der Waals surface area contributed by atoms with E-state index in [1.165, 1.54) is 35.6 Å². The summed E-state index contributed by atoms with van der Waals surface area (Å²) < 4.78 is 0. The highest BCUT2D eigenvalue weighted by Crippen LogP contribution is 2.48. The molecular weight excluding hydrogens is 522 g/mol. The second-order valence-corrected chi connectivity index (χ2v) is 12.8. The third kappa shape index (κ3) is 5.59. The van der Waals surface area contributed by atoms with E-state index in [4.69, 9.17) is 11.5 Å². The molecule has 3 aromatic carbocycles. The number of nitrogens with two attached hydrogens (primary N) is 2. The molecule has 222 valence electrons. The molecule has 1 heterocycles. The molecule has 6 rings (SSSR count). The lowest BCUT2D eigenvalue weighted by Crippen LogP contribution is -2.63. The van der Waals surface area contributed by atoms with Crippen molar-refractivity contribution in [1.82, 2.24) is 5.32 Å². The van der Waals surface area contributed by atoms with Crippen LogP contribution in [0.2, 0.25) is 0 Å². The summed E-state index contributed by atoms with van der Waals surface area (Å²) in [5.41, 5.74) is 15.6. The SMILES string of the molecule is N/C(=N\O)c1ccc2c(c1)N(Cc1ccc3ccccc3c1)C(C(=O)NC1CCC(N)CC1)(C1CCCCCCC1)C2. The van der Waals surface area contributed by atoms with Crippen LogP contribution in [-0.4, -0.2) is 34.6 Å². The van der Waals surface area contributed by atoms with Crippen LogP contribution in [0.4, 0.5) is 5.69 Å². The molecule has 1 atom stereocenters. The Bertz CT molecular complexity index is 1440. The largest absolute Gasteiger partial charge is 0.409 e. The maximum absolute atomic E-state index is 14.9. The quantitative estimate of drug-likeness (QED) is 0.126. The van der Waals surface area contributed by atoms with Crippen LogP contribution in [0.3, 0.4) is 0 Å². The number of nitrogens with one attached hydrogen (secondary N) is 1. The molecule has 1 aliphatic heterocycles. The number of oxime groups is 1. The van der Waals surface area contributed by atoms with E-state index < -0.39 is 5.54 Å². The van der Waals surface area contributed by atoms with Crippen LogP contribution >= 0.6 is 0 Å². The number of benzene rings is 3. The minimum atomic E-state index is -0.714. The van der Waals surface area contributed by atoms with Gasteiger partial charge in [0.2, 0.25) is 5.91 Å². The Kier molecular flexibility index (Phi) is 8.38. The summed E-state index contributed by atoms with van der Waals surface area (Å²) in [6.45, 7) is 0.608. The molecule has 0 bridgehead atoms. The van der Waals surface area contributed by atoms with Gasteiger partial charge in [-0.1, -0.05) is 85.8 Å². The van der Waals surface area contributed by atoms with E-state index in [0.29, 0.717) is 18.5 Å². The van der Waals surface area contributed by atoms with Gasteiger partial charge in [0.15, 0.2) is 5.84 Å². The number of hydrogen-bond acceptors (Lipinski definition) is 5. The van der Waals surface area contributed by atoms with Gasteiger partial charge in [-0.2, -0.15) is 0 Å². The predicted molar refractivity (Wildman–Crippen MR) is 170 cm³/mol. The summed E-state index contributed by atoms with van der Waals surface area (Å²) in [5.74, 6) is 0.453. The fraction of sp³-hybridized carbons (Fsp3) is 0.486. The van der Waals surface area contributed by atoms with Crippen LogP contribution in [0.1, 0.15) is 87.3 Å². The monoisotopic (exact) mass is 567 g/mol. The molecule has 3 aromatic rings. The molecule has 0 spiro atoms. The number of amidine groups is 1. The van der Waals surface area contributed by atoms with E-state index in [1.54, 1.807) is 0 Å². The normalized spacial score (nSPS) is 25.5. The minimum absolute atomic E-state index is 0.0786. The Morgan fingerprint density at radius 3 is 2.36 bits per heavy atom. The average molecular weight is 568 g/mol. The van der Waals surface area contributed by atoms with Crippen molar-refractivity contribution in [2.75, 3.05) is 4.90 Å². The Labute approximate surface area is 249 Å². The average Bonchev–Trinajstić information content (AvgIpc) is 3.31. The summed E-state index contributed by atoms with van der Waals surface area (Å²) >= 11 is 0. The molecule has 3 aliphatic rings. The van der Waals surface area contributed by atoms with Gasteiger partial charge in [-0.25, -0.2) is 0 Å². The Morgan fingerprint density at radius 1 is 0.905 bits per heavy atom. The number of hydrogen-bond donors (Lipinski definition) is 4. The van der Waals surface area contributed by atoms with Crippen molar-refractivity contribution in [3.8, 4) is 0 Å². The minimum Gasteiger partial charge on any atom is -0.409 e. The number of amides is 1. The zero-order valence-electron chi connectivity index (χ0n) is 24.6. The zero-order chi connectivity index (χ0) is 29.1. The van der Waals surface area contributed by atoms with Crippen molar-refractivity contribution in [2.45, 2.75) is 101 Å². The molecule has 7 heteroatoms. The summed E-state index contributed by atoms with van der Waals surface area (Å²) in [4.78, 5) is 17.3. The first kappa shape index (κ1) is 28.5. The maximum Gasteiger partial charge on any atom is 0.246 e. The molecule has 2 fully saturated rings. The molecule has 0 aromatic heterocycles. The summed E-state index contributed by atoms with van der Waals surface area (Å²) in [6.07, 6.45) is 12.5. The summed E-state index contributed by atoms with van der Waals surface area (Å²) in [6, 6.07) is 21.4. The van der Waals surface area contributed by atoms with Crippen LogP contribution in [0.5, 0.6) is 0 Å². The Balaban J connectivity index is 1.45. The van der Waals surface area contributed by atoms with Gasteiger partial charge < -0.3 is 26.9 Å². The Hall–Kier alpha value is -3.58. The van der Waals surface area contributed by atoms with Crippen molar-refractivity contribution in [1.29, 1.82) is 0 Å². The second kappa shape index (κ2) is 12.3. The number of anilines is 1. The van der Waals surface area contributed by atoms with Crippen LogP contribution in [0.25, 0.3) is 10.8 Å². The molecule has 1 amide bonds. The molecule has 6 N–H and O–H groups in total. The first-order valence-electron chi connectivity index (χ1n) is 15.9. The number of fused-ring (bicyclic) bond motifs is 2. The van der Waals surface area contributed by atoms with Crippen molar-refractivity contribution in [3.05, 3.63) is 77.4 Å². The number of carbonyl (C=O) groups excluding carboxylic acids is 1. The van der Waals surface area contributed by atoms with Crippen LogP contribution in [0, 0.1) is 5.92 Å². The maximum atomic E-state index is 14.9. The van der Waals surface area contributed by atoms with E-state index in [9.17, 15) is 10.0 Å². The number of carbonyl (C=O) groups is 1. The smallest absolute Gasteiger partial charge is 0.246 e. The van der Waals surface area contributed by atoms with Crippen molar-refractivity contribution in [3.63, 3.8) is 0 Å². The molecule has 0 saturated heterocycles.